The van der Waals surface area contributed by atoms with E-state index < -0.39 is 30.6 Å². The summed E-state index contributed by atoms with van der Waals surface area (Å²) >= 11 is 0. The van der Waals surface area contributed by atoms with E-state index in [-0.39, 0.29) is 25.6 Å². The summed E-state index contributed by atoms with van der Waals surface area (Å²) in [6, 6.07) is 16.4. The van der Waals surface area contributed by atoms with Gasteiger partial charge in [-0.1, -0.05) is 24.3 Å². The van der Waals surface area contributed by atoms with Gasteiger partial charge in [0.25, 0.3) is 0 Å². The lowest BCUT2D eigenvalue weighted by Crippen LogP contribution is -2.51. The second kappa shape index (κ2) is 12.0. The molecule has 0 aromatic heterocycles. The smallest absolute Gasteiger partial charge is 0.427 e. The molecule has 2 fully saturated rings. The Bertz CT molecular complexity index is 1120. The van der Waals surface area contributed by atoms with Gasteiger partial charge >= 0.3 is 12.3 Å². The monoisotopic (exact) mass is 532 g/mol. The highest BCUT2D eigenvalue weighted by Gasteiger charge is 2.46. The lowest BCUT2D eigenvalue weighted by Gasteiger charge is -2.46. The highest BCUT2D eigenvalue weighted by molar-refractivity contribution is 5.68. The first-order chi connectivity index (χ1) is 18.2. The lowest BCUT2D eigenvalue weighted by molar-refractivity contribution is -0.220. The van der Waals surface area contributed by atoms with Crippen LogP contribution in [0.25, 0.3) is 0 Å². The van der Waals surface area contributed by atoms with Gasteiger partial charge in [0.1, 0.15) is 5.75 Å². The maximum Gasteiger partial charge on any atom is 0.427 e. The molecule has 0 N–H and O–H groups in total. The second-order valence-corrected chi connectivity index (χ2v) is 9.72. The first-order valence-electron chi connectivity index (χ1n) is 12.6. The van der Waals surface area contributed by atoms with Gasteiger partial charge in [-0.05, 0) is 67.0 Å². The van der Waals surface area contributed by atoms with Gasteiger partial charge in [-0.2, -0.15) is 18.4 Å². The van der Waals surface area contributed by atoms with Gasteiger partial charge in [0, 0.05) is 19.7 Å². The van der Waals surface area contributed by atoms with Crippen LogP contribution in [-0.4, -0.2) is 62.3 Å². The van der Waals surface area contributed by atoms with Crippen LogP contribution in [0.5, 0.6) is 5.75 Å². The van der Waals surface area contributed by atoms with Gasteiger partial charge in [0.05, 0.1) is 37.6 Å². The summed E-state index contributed by atoms with van der Waals surface area (Å²) in [6.07, 6.45) is -5.58. The molecule has 2 aromatic rings. The number of amides is 1. The highest BCUT2D eigenvalue weighted by atomic mass is 19.4. The maximum atomic E-state index is 13.6. The van der Waals surface area contributed by atoms with E-state index >= 15 is 0 Å². The first-order valence-corrected chi connectivity index (χ1v) is 12.6. The predicted octanol–water partition coefficient (Wildman–Crippen LogP) is 5.58. The molecule has 0 aliphatic carbocycles. The standard InChI is InChI=1S/C28H31F3N2O5/c1-35-24-7-5-20(6-8-24)18-36-19-25(28(29,30)31)38-26(34)33-12-10-27(11-13-33)16-23(9-14-37-27)22-4-2-3-21(15-22)17-32/h2-8,15,23,25H,9-14,16,18-19H2,1H3. The third-order valence-corrected chi connectivity index (χ3v) is 7.22. The minimum absolute atomic E-state index is 0.0594. The van der Waals surface area contributed by atoms with Gasteiger partial charge in [-0.3, -0.25) is 0 Å². The van der Waals surface area contributed by atoms with Crippen LogP contribution in [0, 0.1) is 11.3 Å². The average Bonchev–Trinajstić information content (AvgIpc) is 2.92. The topological polar surface area (TPSA) is 81.0 Å². The van der Waals surface area contributed by atoms with Crippen molar-refractivity contribution in [3.8, 4) is 11.8 Å². The molecule has 38 heavy (non-hydrogen) atoms. The van der Waals surface area contributed by atoms with E-state index in [2.05, 4.69) is 6.07 Å². The van der Waals surface area contributed by atoms with Crippen LogP contribution in [0.2, 0.25) is 0 Å². The molecule has 1 amide bonds. The fourth-order valence-corrected chi connectivity index (χ4v) is 5.02. The first kappa shape index (κ1) is 27.7. The minimum Gasteiger partial charge on any atom is -0.497 e. The molecule has 4 rings (SSSR count). The van der Waals surface area contributed by atoms with E-state index in [1.165, 1.54) is 12.0 Å². The van der Waals surface area contributed by atoms with Gasteiger partial charge in [-0.15, -0.1) is 0 Å². The van der Waals surface area contributed by atoms with E-state index in [9.17, 15) is 23.2 Å². The Labute approximate surface area is 220 Å². The number of rotatable bonds is 7. The Balaban J connectivity index is 1.29. The van der Waals surface area contributed by atoms with Crippen molar-refractivity contribution >= 4 is 6.09 Å². The molecule has 2 aliphatic heterocycles. The van der Waals surface area contributed by atoms with Crippen LogP contribution in [-0.2, 0) is 20.8 Å². The molecule has 2 heterocycles. The molecule has 0 radical (unpaired) electrons. The Morgan fingerprint density at radius 3 is 2.61 bits per heavy atom. The summed E-state index contributed by atoms with van der Waals surface area (Å²) in [5.74, 6) is 0.842. The fraction of sp³-hybridized carbons (Fsp3) is 0.500. The van der Waals surface area contributed by atoms with E-state index in [1.807, 2.05) is 18.2 Å². The summed E-state index contributed by atoms with van der Waals surface area (Å²) in [4.78, 5) is 14.0. The number of ether oxygens (including phenoxy) is 4. The molecule has 2 saturated heterocycles. The lowest BCUT2D eigenvalue weighted by atomic mass is 9.77. The molecule has 1 spiro atoms. The summed E-state index contributed by atoms with van der Waals surface area (Å²) in [6.45, 7) is 0.164. The van der Waals surface area contributed by atoms with Crippen molar-refractivity contribution in [2.24, 2.45) is 0 Å². The molecule has 2 unspecified atom stereocenters. The number of methoxy groups -OCH3 is 1. The summed E-state index contributed by atoms with van der Waals surface area (Å²) < 4.78 is 62.0. The Morgan fingerprint density at radius 2 is 1.95 bits per heavy atom. The number of likely N-dealkylation sites (tertiary alicyclic amines) is 1. The fourth-order valence-electron chi connectivity index (χ4n) is 5.02. The molecular formula is C28H31F3N2O5. The molecule has 2 atom stereocenters. The Hall–Kier alpha value is -3.29. The van der Waals surface area contributed by atoms with Crippen LogP contribution in [0.4, 0.5) is 18.0 Å². The number of carbonyl (C=O) groups excluding carboxylic acids is 1. The van der Waals surface area contributed by atoms with Crippen LogP contribution < -0.4 is 4.74 Å². The molecule has 2 aromatic carbocycles. The summed E-state index contributed by atoms with van der Waals surface area (Å²) in [7, 11) is 1.52. The highest BCUT2D eigenvalue weighted by Crippen LogP contribution is 2.42. The van der Waals surface area contributed by atoms with Crippen LogP contribution in [0.1, 0.15) is 48.3 Å². The normalized spacial score (nSPS) is 20.0. The summed E-state index contributed by atoms with van der Waals surface area (Å²) in [5.41, 5.74) is 1.90. The average molecular weight is 533 g/mol. The van der Waals surface area contributed by atoms with Crippen molar-refractivity contribution in [3.05, 3.63) is 65.2 Å². The largest absolute Gasteiger partial charge is 0.497 e. The van der Waals surface area contributed by atoms with Crippen molar-refractivity contribution in [3.63, 3.8) is 0 Å². The van der Waals surface area contributed by atoms with E-state index in [4.69, 9.17) is 18.9 Å². The number of halogens is 3. The number of nitriles is 1. The van der Waals surface area contributed by atoms with Crippen LogP contribution >= 0.6 is 0 Å². The van der Waals surface area contributed by atoms with E-state index in [1.54, 1.807) is 30.3 Å². The third-order valence-electron chi connectivity index (χ3n) is 7.22. The quantitative estimate of drug-likeness (QED) is 0.463. The van der Waals surface area contributed by atoms with Gasteiger partial charge < -0.3 is 23.8 Å². The zero-order valence-electron chi connectivity index (χ0n) is 21.2. The van der Waals surface area contributed by atoms with Crippen molar-refractivity contribution in [1.29, 1.82) is 5.26 Å². The number of carbonyl (C=O) groups is 1. The van der Waals surface area contributed by atoms with Crippen molar-refractivity contribution in [2.75, 3.05) is 33.4 Å². The molecule has 204 valence electrons. The number of piperidine rings is 1. The van der Waals surface area contributed by atoms with Crippen molar-refractivity contribution in [1.82, 2.24) is 4.90 Å². The predicted molar refractivity (Wildman–Crippen MR) is 132 cm³/mol. The molecular weight excluding hydrogens is 501 g/mol. The number of alkyl halides is 3. The van der Waals surface area contributed by atoms with E-state index in [0.29, 0.717) is 36.3 Å². The summed E-state index contributed by atoms with van der Waals surface area (Å²) in [5, 5.41) is 9.21. The molecule has 2 aliphatic rings. The van der Waals surface area contributed by atoms with E-state index in [0.717, 1.165) is 18.4 Å². The number of benzene rings is 2. The Kier molecular flexibility index (Phi) is 8.80. The van der Waals surface area contributed by atoms with Crippen molar-refractivity contribution < 1.29 is 36.9 Å². The number of hydrogen-bond donors (Lipinski definition) is 0. The zero-order valence-corrected chi connectivity index (χ0v) is 21.2. The maximum absolute atomic E-state index is 13.6. The van der Waals surface area contributed by atoms with Crippen molar-refractivity contribution in [2.45, 2.75) is 56.1 Å². The number of nitrogens with zero attached hydrogens (tertiary/aromatic N) is 2. The third kappa shape index (κ3) is 6.97. The minimum atomic E-state index is -4.76. The molecule has 0 bridgehead atoms. The second-order valence-electron chi connectivity index (χ2n) is 9.72. The zero-order chi connectivity index (χ0) is 27.2. The molecule has 10 heteroatoms. The molecule has 7 nitrogen and oxygen atoms in total. The van der Waals surface area contributed by atoms with Gasteiger partial charge in [-0.25, -0.2) is 4.79 Å². The number of hydrogen-bond acceptors (Lipinski definition) is 6. The Morgan fingerprint density at radius 1 is 1.21 bits per heavy atom. The van der Waals surface area contributed by atoms with Crippen LogP contribution in [0.15, 0.2) is 48.5 Å². The SMILES string of the molecule is COc1ccc(COCC(OC(=O)N2CCC3(CC2)CC(c2cccc(C#N)c2)CCO3)C(F)(F)F)cc1. The van der Waals surface area contributed by atoms with Gasteiger partial charge in [0.15, 0.2) is 0 Å². The molecule has 0 saturated carbocycles. The van der Waals surface area contributed by atoms with Gasteiger partial charge in [0.2, 0.25) is 6.10 Å². The van der Waals surface area contributed by atoms with Crippen LogP contribution in [0.3, 0.4) is 0 Å².